The summed E-state index contributed by atoms with van der Waals surface area (Å²) in [5, 5.41) is 13.1. The summed E-state index contributed by atoms with van der Waals surface area (Å²) in [6, 6.07) is 8.91. The number of amides is 1. The van der Waals surface area contributed by atoms with Gasteiger partial charge in [-0.3, -0.25) is 4.79 Å². The number of piperazine rings is 1. The van der Waals surface area contributed by atoms with Crippen molar-refractivity contribution in [1.29, 1.82) is 0 Å². The Morgan fingerprint density at radius 3 is 2.56 bits per heavy atom. The summed E-state index contributed by atoms with van der Waals surface area (Å²) in [6.45, 7) is 9.86. The highest BCUT2D eigenvalue weighted by molar-refractivity contribution is 6.04. The van der Waals surface area contributed by atoms with Gasteiger partial charge in [0.1, 0.15) is 17.8 Å². The number of hydrogen-bond acceptors (Lipinski definition) is 7. The lowest BCUT2D eigenvalue weighted by Crippen LogP contribution is -2.44. The van der Waals surface area contributed by atoms with Crippen LogP contribution in [0.15, 0.2) is 65.6 Å². The number of carbonyl (C=O) groups excluding carboxylic acids is 1. The zero-order chi connectivity index (χ0) is 25.5. The molecule has 1 aromatic carbocycles. The van der Waals surface area contributed by atoms with Crippen molar-refractivity contribution in [3.05, 3.63) is 60.6 Å². The topological polar surface area (TPSA) is 110 Å². The molecule has 6 N–H and O–H groups in total. The number of carbonyl (C=O) groups is 1. The molecular weight excluding hydrogens is 452 g/mol. The standard InChI is InChI=1S/C27H40N8O/c1-4-25(36)32-21-6-5-7-22(18-21)33-26(28)24-12-13-29-27(24)31-19(2)30-20-8-10-23(11-9-20)35-16-14-34(3)15-17-35/h4,8-13,19,21-22,30,33H,1,5-7,14-18,28H2,2-3H3,(H,29,31)(H,32,36)/b26-24+. The number of aliphatic imine (C=N–C) groups is 1. The quantitative estimate of drug-likeness (QED) is 0.354. The Balaban J connectivity index is 1.34. The third-order valence-electron chi connectivity index (χ3n) is 7.01. The minimum atomic E-state index is -0.141. The Hall–Kier alpha value is -3.46. The molecule has 1 saturated carbocycles. The van der Waals surface area contributed by atoms with Crippen molar-refractivity contribution < 1.29 is 4.79 Å². The monoisotopic (exact) mass is 492 g/mol. The predicted molar refractivity (Wildman–Crippen MR) is 148 cm³/mol. The molecule has 2 heterocycles. The smallest absolute Gasteiger partial charge is 0.243 e. The van der Waals surface area contributed by atoms with Crippen LogP contribution in [0.2, 0.25) is 0 Å². The van der Waals surface area contributed by atoms with E-state index in [4.69, 9.17) is 10.7 Å². The Morgan fingerprint density at radius 1 is 1.17 bits per heavy atom. The van der Waals surface area contributed by atoms with Crippen LogP contribution in [0.5, 0.6) is 0 Å². The van der Waals surface area contributed by atoms with Crippen molar-refractivity contribution in [3.63, 3.8) is 0 Å². The highest BCUT2D eigenvalue weighted by Crippen LogP contribution is 2.22. The van der Waals surface area contributed by atoms with Gasteiger partial charge >= 0.3 is 0 Å². The summed E-state index contributed by atoms with van der Waals surface area (Å²) < 4.78 is 0. The molecule has 194 valence electrons. The van der Waals surface area contributed by atoms with Gasteiger partial charge in [-0.15, -0.1) is 0 Å². The zero-order valence-corrected chi connectivity index (χ0v) is 21.5. The molecule has 2 fully saturated rings. The van der Waals surface area contributed by atoms with Gasteiger partial charge in [-0.05, 0) is 76.1 Å². The van der Waals surface area contributed by atoms with Gasteiger partial charge in [-0.1, -0.05) is 6.58 Å². The minimum Gasteiger partial charge on any atom is -0.385 e. The summed E-state index contributed by atoms with van der Waals surface area (Å²) in [4.78, 5) is 21.3. The Labute approximate surface area is 214 Å². The SMILES string of the molecule is C=CC(=O)NC1CCCC(N/C(N)=C2\C=CN\C2=N\C(C)Nc2ccc(N3CCN(C)CC3)cc2)C1. The van der Waals surface area contributed by atoms with E-state index in [-0.39, 0.29) is 24.2 Å². The van der Waals surface area contributed by atoms with Crippen molar-refractivity contribution in [2.24, 2.45) is 10.7 Å². The van der Waals surface area contributed by atoms with Gasteiger partial charge in [0.05, 0.1) is 5.57 Å². The molecule has 9 heteroatoms. The van der Waals surface area contributed by atoms with E-state index in [1.165, 1.54) is 11.8 Å². The predicted octanol–water partition coefficient (Wildman–Crippen LogP) is 2.09. The van der Waals surface area contributed by atoms with Crippen molar-refractivity contribution in [1.82, 2.24) is 20.9 Å². The lowest BCUT2D eigenvalue weighted by Gasteiger charge is -2.34. The number of amidine groups is 1. The maximum atomic E-state index is 11.7. The second-order valence-corrected chi connectivity index (χ2v) is 9.86. The van der Waals surface area contributed by atoms with Gasteiger partial charge in [-0.2, -0.15) is 0 Å². The molecular formula is C27H40N8O. The highest BCUT2D eigenvalue weighted by Gasteiger charge is 2.24. The molecule has 2 aliphatic heterocycles. The maximum Gasteiger partial charge on any atom is 0.243 e. The summed E-state index contributed by atoms with van der Waals surface area (Å²) >= 11 is 0. The molecule has 1 aromatic rings. The second-order valence-electron chi connectivity index (χ2n) is 9.86. The van der Waals surface area contributed by atoms with Crippen LogP contribution in [-0.2, 0) is 4.79 Å². The summed E-state index contributed by atoms with van der Waals surface area (Å²) in [5.41, 5.74) is 9.60. The van der Waals surface area contributed by atoms with E-state index in [2.05, 4.69) is 69.0 Å². The lowest BCUT2D eigenvalue weighted by molar-refractivity contribution is -0.117. The normalized spacial score (nSPS) is 25.7. The second kappa shape index (κ2) is 12.0. The van der Waals surface area contributed by atoms with E-state index in [0.717, 1.165) is 69.0 Å². The fraction of sp³-hybridized carbons (Fsp3) is 0.481. The van der Waals surface area contributed by atoms with E-state index in [1.54, 1.807) is 0 Å². The van der Waals surface area contributed by atoms with Gasteiger partial charge in [-0.25, -0.2) is 4.99 Å². The molecule has 3 unspecified atom stereocenters. The van der Waals surface area contributed by atoms with Crippen LogP contribution >= 0.6 is 0 Å². The molecule has 1 amide bonds. The summed E-state index contributed by atoms with van der Waals surface area (Å²) in [5.74, 6) is 1.21. The van der Waals surface area contributed by atoms with Gasteiger partial charge in [0.15, 0.2) is 0 Å². The first-order chi connectivity index (χ1) is 17.4. The maximum absolute atomic E-state index is 11.7. The molecule has 0 radical (unpaired) electrons. The van der Waals surface area contributed by atoms with E-state index in [9.17, 15) is 4.79 Å². The van der Waals surface area contributed by atoms with Crippen LogP contribution in [0.3, 0.4) is 0 Å². The first-order valence-corrected chi connectivity index (χ1v) is 12.9. The van der Waals surface area contributed by atoms with Crippen LogP contribution < -0.4 is 31.9 Å². The van der Waals surface area contributed by atoms with Crippen LogP contribution in [0, 0.1) is 0 Å². The third-order valence-corrected chi connectivity index (χ3v) is 7.01. The molecule has 36 heavy (non-hydrogen) atoms. The fourth-order valence-electron chi connectivity index (χ4n) is 4.99. The Morgan fingerprint density at radius 2 is 1.86 bits per heavy atom. The molecule has 1 aliphatic carbocycles. The molecule has 0 aromatic heterocycles. The van der Waals surface area contributed by atoms with Crippen molar-refractivity contribution in [2.75, 3.05) is 43.4 Å². The number of nitrogens with zero attached hydrogens (tertiary/aromatic N) is 3. The number of hydrogen-bond donors (Lipinski definition) is 5. The minimum absolute atomic E-state index is 0.125. The lowest BCUT2D eigenvalue weighted by atomic mass is 9.91. The summed E-state index contributed by atoms with van der Waals surface area (Å²) in [6.07, 6.45) is 8.83. The number of nitrogens with two attached hydrogens (primary N) is 1. The Kier molecular flexibility index (Phi) is 8.53. The largest absolute Gasteiger partial charge is 0.385 e. The van der Waals surface area contributed by atoms with Gasteiger partial charge in [0.2, 0.25) is 5.91 Å². The molecule has 4 rings (SSSR count). The first-order valence-electron chi connectivity index (χ1n) is 12.9. The number of benzene rings is 1. The third kappa shape index (κ3) is 6.81. The van der Waals surface area contributed by atoms with Crippen molar-refractivity contribution in [3.8, 4) is 0 Å². The zero-order valence-electron chi connectivity index (χ0n) is 21.5. The van der Waals surface area contributed by atoms with E-state index < -0.39 is 0 Å². The van der Waals surface area contributed by atoms with E-state index >= 15 is 0 Å². The van der Waals surface area contributed by atoms with Crippen LogP contribution in [0.25, 0.3) is 0 Å². The van der Waals surface area contributed by atoms with Gasteiger partial charge in [0, 0.05) is 55.8 Å². The average molecular weight is 493 g/mol. The first kappa shape index (κ1) is 25.6. The number of rotatable bonds is 8. The molecule has 3 aliphatic rings. The number of nitrogens with one attached hydrogen (secondary N) is 4. The molecule has 0 bridgehead atoms. The molecule has 0 spiro atoms. The molecule has 9 nitrogen and oxygen atoms in total. The number of likely N-dealkylation sites (N-methyl/N-ethyl adjacent to an activating group) is 1. The molecule has 3 atom stereocenters. The fourth-order valence-corrected chi connectivity index (χ4v) is 4.99. The van der Waals surface area contributed by atoms with Crippen LogP contribution in [-0.4, -0.2) is 68.1 Å². The highest BCUT2D eigenvalue weighted by atomic mass is 16.1. The van der Waals surface area contributed by atoms with Crippen LogP contribution in [0.4, 0.5) is 11.4 Å². The molecule has 1 saturated heterocycles. The van der Waals surface area contributed by atoms with E-state index in [1.807, 2.05) is 19.2 Å². The van der Waals surface area contributed by atoms with Crippen molar-refractivity contribution >= 4 is 23.1 Å². The number of anilines is 2. The van der Waals surface area contributed by atoms with Gasteiger partial charge in [0.25, 0.3) is 0 Å². The van der Waals surface area contributed by atoms with Crippen molar-refractivity contribution in [2.45, 2.75) is 50.9 Å². The Bertz CT molecular complexity index is 1010. The summed E-state index contributed by atoms with van der Waals surface area (Å²) in [7, 11) is 2.17. The van der Waals surface area contributed by atoms with E-state index in [0.29, 0.717) is 5.82 Å². The van der Waals surface area contributed by atoms with Crippen LogP contribution in [0.1, 0.15) is 32.6 Å². The van der Waals surface area contributed by atoms with Gasteiger partial charge < -0.3 is 36.8 Å². The average Bonchev–Trinajstić information content (AvgIpc) is 3.33.